The third-order valence-corrected chi connectivity index (χ3v) is 4.39. The maximum absolute atomic E-state index is 11.9. The normalized spacial score (nSPS) is 10.7. The molecule has 0 aliphatic carbocycles. The van der Waals surface area contributed by atoms with Crippen molar-refractivity contribution in [3.63, 3.8) is 0 Å². The van der Waals surface area contributed by atoms with Gasteiger partial charge in [0.15, 0.2) is 5.96 Å². The minimum absolute atomic E-state index is 0. The first-order valence-corrected chi connectivity index (χ1v) is 10.1. The number of rotatable bonds is 9. The number of carbonyl (C=O) groups is 2. The van der Waals surface area contributed by atoms with Gasteiger partial charge >= 0.3 is 0 Å². The summed E-state index contributed by atoms with van der Waals surface area (Å²) >= 11 is 0. The van der Waals surface area contributed by atoms with Crippen LogP contribution in [0.5, 0.6) is 0 Å². The number of nitrogens with two attached hydrogens (primary N) is 1. The van der Waals surface area contributed by atoms with Crippen molar-refractivity contribution < 1.29 is 9.59 Å². The van der Waals surface area contributed by atoms with Crippen molar-refractivity contribution in [1.82, 2.24) is 16.0 Å². The van der Waals surface area contributed by atoms with Crippen LogP contribution in [-0.4, -0.2) is 37.4 Å². The molecule has 0 unspecified atom stereocenters. The van der Waals surface area contributed by atoms with Crippen molar-refractivity contribution in [3.8, 4) is 0 Å². The van der Waals surface area contributed by atoms with Gasteiger partial charge in [0.05, 0.1) is 13.1 Å². The summed E-state index contributed by atoms with van der Waals surface area (Å²) in [5, 5.41) is 9.08. The van der Waals surface area contributed by atoms with Crippen molar-refractivity contribution in [2.24, 2.45) is 10.7 Å². The summed E-state index contributed by atoms with van der Waals surface area (Å²) in [5.41, 5.74) is 10.3. The van der Waals surface area contributed by atoms with Gasteiger partial charge in [-0.05, 0) is 50.5 Å². The molecule has 31 heavy (non-hydrogen) atoms. The highest BCUT2D eigenvalue weighted by Gasteiger charge is 2.06. The molecule has 5 N–H and O–H groups in total. The van der Waals surface area contributed by atoms with Crippen LogP contribution in [0.2, 0.25) is 0 Å². The number of aliphatic imine (C=N–C) groups is 1. The van der Waals surface area contributed by atoms with Gasteiger partial charge in [0.1, 0.15) is 0 Å². The highest BCUT2D eigenvalue weighted by Crippen LogP contribution is 2.09. The van der Waals surface area contributed by atoms with Crippen molar-refractivity contribution in [3.05, 3.63) is 70.3 Å². The molecule has 0 aliphatic heterocycles. The highest BCUT2D eigenvalue weighted by molar-refractivity contribution is 14.0. The number of benzene rings is 2. The van der Waals surface area contributed by atoms with Crippen LogP contribution in [0.1, 0.15) is 39.5 Å². The van der Waals surface area contributed by atoms with Gasteiger partial charge in [-0.25, -0.2) is 4.99 Å². The monoisotopic (exact) mass is 537 g/mol. The lowest BCUT2D eigenvalue weighted by molar-refractivity contribution is -0.117. The van der Waals surface area contributed by atoms with Crippen LogP contribution < -0.4 is 21.7 Å². The van der Waals surface area contributed by atoms with E-state index in [1.807, 2.05) is 19.1 Å². The number of halogens is 1. The van der Waals surface area contributed by atoms with Crippen molar-refractivity contribution >= 4 is 41.8 Å². The molecular weight excluding hydrogens is 505 g/mol. The van der Waals surface area contributed by atoms with Gasteiger partial charge in [0.25, 0.3) is 5.91 Å². The topological polar surface area (TPSA) is 109 Å². The highest BCUT2D eigenvalue weighted by atomic mass is 127. The molecule has 2 aromatic rings. The zero-order chi connectivity index (χ0) is 21.9. The zero-order valence-electron chi connectivity index (χ0n) is 18.3. The Morgan fingerprint density at radius 1 is 0.935 bits per heavy atom. The summed E-state index contributed by atoms with van der Waals surface area (Å²) in [4.78, 5) is 27.3. The molecular formula is C23H32IN5O2. The minimum Gasteiger partial charge on any atom is -0.368 e. The van der Waals surface area contributed by atoms with E-state index in [1.54, 1.807) is 12.1 Å². The van der Waals surface area contributed by atoms with Gasteiger partial charge in [-0.3, -0.25) is 9.59 Å². The van der Waals surface area contributed by atoms with Crippen LogP contribution in [0.25, 0.3) is 0 Å². The van der Waals surface area contributed by atoms with E-state index >= 15 is 0 Å². The number of nitrogens with one attached hydrogen (secondary N) is 3. The van der Waals surface area contributed by atoms with Crippen LogP contribution in [0, 0.1) is 13.8 Å². The summed E-state index contributed by atoms with van der Waals surface area (Å²) in [5.74, 6) is -0.148. The average Bonchev–Trinajstić information content (AvgIpc) is 2.70. The molecule has 0 saturated carbocycles. The molecule has 8 heteroatoms. The van der Waals surface area contributed by atoms with E-state index in [9.17, 15) is 9.59 Å². The van der Waals surface area contributed by atoms with E-state index in [2.05, 4.69) is 53.0 Å². The maximum atomic E-state index is 11.9. The molecule has 0 bridgehead atoms. The van der Waals surface area contributed by atoms with E-state index in [1.165, 1.54) is 16.7 Å². The molecule has 0 saturated heterocycles. The Bertz CT molecular complexity index is 877. The van der Waals surface area contributed by atoms with Gasteiger partial charge in [-0.1, -0.05) is 41.5 Å². The number of primary amides is 1. The Kier molecular flexibility index (Phi) is 11.6. The predicted octanol–water partition coefficient (Wildman–Crippen LogP) is 2.43. The van der Waals surface area contributed by atoms with Gasteiger partial charge in [0.2, 0.25) is 5.91 Å². The molecule has 0 radical (unpaired) electrons. The predicted molar refractivity (Wildman–Crippen MR) is 136 cm³/mol. The lowest BCUT2D eigenvalue weighted by Crippen LogP contribution is -2.38. The lowest BCUT2D eigenvalue weighted by atomic mass is 10.1. The fourth-order valence-corrected chi connectivity index (χ4v) is 3.08. The smallest absolute Gasteiger partial charge is 0.251 e. The van der Waals surface area contributed by atoms with E-state index in [0.29, 0.717) is 12.1 Å². The standard InChI is InChI=1S/C23H31N5O2.HI/c1-4-25-23(26-10-9-19-12-16(2)11-17(3)13-19)28-14-18-5-7-20(8-6-18)22(30)27-15-21(24)29;/h5-8,11-13H,4,9-10,14-15H2,1-3H3,(H2,24,29)(H,27,30)(H2,25,26,28);1H. The van der Waals surface area contributed by atoms with Gasteiger partial charge < -0.3 is 21.7 Å². The summed E-state index contributed by atoms with van der Waals surface area (Å²) < 4.78 is 0. The zero-order valence-corrected chi connectivity index (χ0v) is 20.7. The average molecular weight is 537 g/mol. The Morgan fingerprint density at radius 2 is 1.58 bits per heavy atom. The van der Waals surface area contributed by atoms with E-state index in [0.717, 1.165) is 31.0 Å². The van der Waals surface area contributed by atoms with Gasteiger partial charge in [0, 0.05) is 18.7 Å². The lowest BCUT2D eigenvalue weighted by Gasteiger charge is -2.12. The number of amides is 2. The van der Waals surface area contributed by atoms with Crippen LogP contribution >= 0.6 is 24.0 Å². The first kappa shape index (κ1) is 26.4. The first-order chi connectivity index (χ1) is 14.4. The summed E-state index contributed by atoms with van der Waals surface area (Å²) in [6, 6.07) is 13.7. The maximum Gasteiger partial charge on any atom is 0.251 e. The first-order valence-electron chi connectivity index (χ1n) is 10.1. The quantitative estimate of drug-likeness (QED) is 0.224. The van der Waals surface area contributed by atoms with Crippen molar-refractivity contribution in [2.75, 3.05) is 19.6 Å². The molecule has 0 fully saturated rings. The van der Waals surface area contributed by atoms with Crippen LogP contribution in [0.4, 0.5) is 0 Å². The second-order valence-electron chi connectivity index (χ2n) is 7.21. The SMILES string of the molecule is CCNC(=NCc1ccc(C(=O)NCC(N)=O)cc1)NCCc1cc(C)cc(C)c1.I. The van der Waals surface area contributed by atoms with Crippen molar-refractivity contribution in [2.45, 2.75) is 33.7 Å². The number of nitrogens with zero attached hydrogens (tertiary/aromatic N) is 1. The molecule has 2 rings (SSSR count). The van der Waals surface area contributed by atoms with Crippen LogP contribution in [-0.2, 0) is 17.8 Å². The Labute approximate surface area is 201 Å². The minimum atomic E-state index is -0.574. The van der Waals surface area contributed by atoms with E-state index < -0.39 is 5.91 Å². The fraction of sp³-hybridized carbons (Fsp3) is 0.348. The summed E-state index contributed by atoms with van der Waals surface area (Å²) in [7, 11) is 0. The molecule has 0 atom stereocenters. The second kappa shape index (κ2) is 13.6. The largest absolute Gasteiger partial charge is 0.368 e. The molecule has 2 amide bonds. The molecule has 0 aromatic heterocycles. The van der Waals surface area contributed by atoms with Crippen molar-refractivity contribution in [1.29, 1.82) is 0 Å². The molecule has 0 aliphatic rings. The van der Waals surface area contributed by atoms with Gasteiger partial charge in [-0.2, -0.15) is 0 Å². The third kappa shape index (κ3) is 9.82. The number of hydrogen-bond donors (Lipinski definition) is 4. The molecule has 7 nitrogen and oxygen atoms in total. The molecule has 168 valence electrons. The third-order valence-electron chi connectivity index (χ3n) is 4.39. The van der Waals surface area contributed by atoms with E-state index in [4.69, 9.17) is 5.73 Å². The number of guanidine groups is 1. The van der Waals surface area contributed by atoms with Gasteiger partial charge in [-0.15, -0.1) is 24.0 Å². The van der Waals surface area contributed by atoms with Crippen LogP contribution in [0.15, 0.2) is 47.5 Å². The van der Waals surface area contributed by atoms with Crippen LogP contribution in [0.3, 0.4) is 0 Å². The molecule has 0 spiro atoms. The molecule has 0 heterocycles. The number of carbonyl (C=O) groups excluding carboxylic acids is 2. The Hall–Kier alpha value is -2.62. The summed E-state index contributed by atoms with van der Waals surface area (Å²) in [6.07, 6.45) is 0.919. The molecule has 2 aromatic carbocycles. The van der Waals surface area contributed by atoms with E-state index in [-0.39, 0.29) is 36.4 Å². The summed E-state index contributed by atoms with van der Waals surface area (Å²) in [6.45, 7) is 8.12. The number of hydrogen-bond acceptors (Lipinski definition) is 3. The number of aryl methyl sites for hydroxylation is 2. The Balaban J connectivity index is 0.00000480. The Morgan fingerprint density at radius 3 is 2.16 bits per heavy atom. The second-order valence-corrected chi connectivity index (χ2v) is 7.21. The fourth-order valence-electron chi connectivity index (χ4n) is 3.08.